The molecule has 3 aromatic heterocycles. The highest BCUT2D eigenvalue weighted by Crippen LogP contribution is 2.39. The Balaban J connectivity index is 2.03. The zero-order valence-electron chi connectivity index (χ0n) is 20.7. The number of halogens is 3. The van der Waals surface area contributed by atoms with Crippen molar-refractivity contribution in [2.75, 3.05) is 0 Å². The molecule has 5 rings (SSSR count). The van der Waals surface area contributed by atoms with Gasteiger partial charge >= 0.3 is 6.18 Å². The van der Waals surface area contributed by atoms with E-state index in [-0.39, 0.29) is 11.2 Å². The van der Waals surface area contributed by atoms with Gasteiger partial charge in [-0.1, -0.05) is 13.8 Å². The number of fused-ring (bicyclic) bond motifs is 8. The Morgan fingerprint density at radius 3 is 2.35 bits per heavy atom. The van der Waals surface area contributed by atoms with E-state index in [0.29, 0.717) is 17.6 Å². The van der Waals surface area contributed by atoms with E-state index in [4.69, 9.17) is 4.98 Å². The fourth-order valence-corrected chi connectivity index (χ4v) is 5.06. The van der Waals surface area contributed by atoms with E-state index in [1.165, 1.54) is 12.2 Å². The van der Waals surface area contributed by atoms with Crippen molar-refractivity contribution in [2.24, 2.45) is 0 Å². The highest BCUT2D eigenvalue weighted by atomic mass is 19.4. The van der Waals surface area contributed by atoms with Gasteiger partial charge in [0.05, 0.1) is 27.7 Å². The number of H-pyrrole nitrogens is 2. The van der Waals surface area contributed by atoms with Gasteiger partial charge in [-0.15, -0.1) is 0 Å². The minimum absolute atomic E-state index is 0.172. The Hall–Kier alpha value is -4.21. The zero-order chi connectivity index (χ0) is 26.6. The van der Waals surface area contributed by atoms with Gasteiger partial charge in [-0.05, 0) is 79.3 Å². The lowest BCUT2D eigenvalue weighted by atomic mass is 10.0. The normalized spacial score (nSPS) is 13.5. The average Bonchev–Trinajstić information content (AvgIpc) is 3.56. The molecule has 5 heterocycles. The van der Waals surface area contributed by atoms with Crippen molar-refractivity contribution in [3.8, 4) is 0 Å². The molecule has 0 saturated carbocycles. The van der Waals surface area contributed by atoms with E-state index >= 15 is 0 Å². The Morgan fingerprint density at radius 2 is 1.70 bits per heavy atom. The predicted molar refractivity (Wildman–Crippen MR) is 138 cm³/mol. The van der Waals surface area contributed by atoms with Crippen LogP contribution in [0.4, 0.5) is 18.9 Å². The van der Waals surface area contributed by atoms with E-state index in [1.807, 2.05) is 33.8 Å². The number of aromatic amines is 2. The van der Waals surface area contributed by atoms with Crippen molar-refractivity contribution < 1.29 is 18.1 Å². The molecule has 0 atom stereocenters. The number of aromatic nitrogens is 4. The molecule has 0 aromatic carbocycles. The fourth-order valence-electron chi connectivity index (χ4n) is 5.06. The van der Waals surface area contributed by atoms with Crippen LogP contribution in [0.5, 0.6) is 0 Å². The van der Waals surface area contributed by atoms with Crippen molar-refractivity contribution in [1.29, 1.82) is 0 Å². The van der Waals surface area contributed by atoms with E-state index in [2.05, 4.69) is 15.0 Å². The van der Waals surface area contributed by atoms with E-state index in [9.17, 15) is 23.3 Å². The monoisotopic (exact) mass is 507 g/mol. The van der Waals surface area contributed by atoms with Gasteiger partial charge in [0.15, 0.2) is 0 Å². The van der Waals surface area contributed by atoms with Crippen LogP contribution in [0.25, 0.3) is 45.4 Å². The highest BCUT2D eigenvalue weighted by Gasteiger charge is 2.38. The molecule has 10 heteroatoms. The van der Waals surface area contributed by atoms with Crippen molar-refractivity contribution >= 4 is 51.1 Å². The summed E-state index contributed by atoms with van der Waals surface area (Å²) in [6.45, 7) is 7.90. The van der Waals surface area contributed by atoms with Crippen LogP contribution in [0.1, 0.15) is 66.7 Å². The summed E-state index contributed by atoms with van der Waals surface area (Å²) in [4.78, 5) is 25.9. The molecule has 8 bridgehead atoms. The van der Waals surface area contributed by atoms with Gasteiger partial charge in [0.1, 0.15) is 11.1 Å². The molecule has 0 unspecified atom stereocenters. The Bertz CT molecular complexity index is 1690. The molecule has 3 aromatic rings. The maximum Gasteiger partial charge on any atom is 0.420 e. The summed E-state index contributed by atoms with van der Waals surface area (Å²) in [5.41, 5.74) is 4.37. The Morgan fingerprint density at radius 1 is 0.946 bits per heavy atom. The first-order chi connectivity index (χ1) is 17.5. The van der Waals surface area contributed by atoms with Crippen LogP contribution in [0.2, 0.25) is 0 Å². The van der Waals surface area contributed by atoms with Gasteiger partial charge in [0, 0.05) is 22.6 Å². The maximum absolute atomic E-state index is 14.3. The standard InChI is InChI=1S/C27H24F3N5O2/c1-5-17-13(3)20-9-15-7-8-19(31-15)25(27(28,29)30)26-24(35(36)37)11-16(32-26)10-21-14(4)18(6-2)23(34-21)12-22(17)33-20/h7-12,32,34H,5-6H2,1-4H3. The van der Waals surface area contributed by atoms with Crippen LogP contribution in [0, 0.1) is 17.0 Å². The first kappa shape index (κ1) is 24.5. The van der Waals surface area contributed by atoms with Crippen LogP contribution in [-0.4, -0.2) is 24.9 Å². The van der Waals surface area contributed by atoms with Crippen molar-refractivity contribution in [3.63, 3.8) is 0 Å². The molecule has 2 aliphatic rings. The molecule has 0 spiro atoms. The molecule has 0 amide bonds. The number of aryl methyl sites for hydroxylation is 2. The Kier molecular flexibility index (Phi) is 5.77. The van der Waals surface area contributed by atoms with Gasteiger partial charge in [0.2, 0.25) is 0 Å². The average molecular weight is 508 g/mol. The number of hydrogen-bond acceptors (Lipinski definition) is 4. The third-order valence-electron chi connectivity index (χ3n) is 6.88. The molecule has 2 N–H and O–H groups in total. The maximum atomic E-state index is 14.3. The molecule has 0 radical (unpaired) electrons. The summed E-state index contributed by atoms with van der Waals surface area (Å²) in [6, 6.07) is 6.34. The quantitative estimate of drug-likeness (QED) is 0.220. The molecule has 0 fully saturated rings. The largest absolute Gasteiger partial charge is 0.420 e. The van der Waals surface area contributed by atoms with E-state index in [0.717, 1.165) is 46.0 Å². The molecule has 2 aliphatic heterocycles. The van der Waals surface area contributed by atoms with Crippen LogP contribution in [-0.2, 0) is 12.6 Å². The number of nitrogens with one attached hydrogen (secondary N) is 2. The Labute approximate surface area is 210 Å². The molecule has 0 saturated heterocycles. The summed E-state index contributed by atoms with van der Waals surface area (Å²) in [5.74, 6) is 0. The second-order valence-electron chi connectivity index (χ2n) is 9.05. The smallest absolute Gasteiger partial charge is 0.355 e. The zero-order valence-corrected chi connectivity index (χ0v) is 20.7. The van der Waals surface area contributed by atoms with Crippen LogP contribution >= 0.6 is 0 Å². The molecule has 37 heavy (non-hydrogen) atoms. The van der Waals surface area contributed by atoms with Gasteiger partial charge in [-0.3, -0.25) is 10.1 Å². The molecule has 7 nitrogen and oxygen atoms in total. The number of nitrogens with zero attached hydrogens (tertiary/aromatic N) is 3. The van der Waals surface area contributed by atoms with Gasteiger partial charge in [-0.25, -0.2) is 9.97 Å². The second kappa shape index (κ2) is 8.72. The summed E-state index contributed by atoms with van der Waals surface area (Å²) >= 11 is 0. The number of hydrogen-bond donors (Lipinski definition) is 2. The predicted octanol–water partition coefficient (Wildman–Crippen LogP) is 7.62. The van der Waals surface area contributed by atoms with Gasteiger partial charge in [0.25, 0.3) is 5.69 Å². The number of allylic oxidation sites excluding steroid dienone is 2. The third-order valence-corrected chi connectivity index (χ3v) is 6.88. The minimum atomic E-state index is -4.90. The molecule has 0 aliphatic carbocycles. The van der Waals surface area contributed by atoms with E-state index < -0.39 is 33.6 Å². The lowest BCUT2D eigenvalue weighted by Crippen LogP contribution is -2.09. The van der Waals surface area contributed by atoms with Crippen molar-refractivity contribution in [3.05, 3.63) is 73.8 Å². The highest BCUT2D eigenvalue weighted by molar-refractivity contribution is 5.93. The number of rotatable bonds is 3. The summed E-state index contributed by atoms with van der Waals surface area (Å²) in [6.07, 6.45) is -0.766. The van der Waals surface area contributed by atoms with Crippen molar-refractivity contribution in [2.45, 2.75) is 46.7 Å². The lowest BCUT2D eigenvalue weighted by Gasteiger charge is -2.07. The number of alkyl halides is 3. The van der Waals surface area contributed by atoms with Crippen LogP contribution in [0.15, 0.2) is 24.3 Å². The second-order valence-corrected chi connectivity index (χ2v) is 9.05. The molecular formula is C27H24F3N5O2. The summed E-state index contributed by atoms with van der Waals surface area (Å²) in [5, 5.41) is 11.8. The van der Waals surface area contributed by atoms with Gasteiger partial charge < -0.3 is 9.97 Å². The first-order valence-corrected chi connectivity index (χ1v) is 11.9. The topological polar surface area (TPSA) is 100 Å². The SMILES string of the molecule is CCC1=C(C)c2cc3nc(c(C(F)(F)F)c4[nH]c(cc4[N+](=O)[O-])cc4[nH]c(cc1n2)c(CC)c4C)C=C3. The molecular weight excluding hydrogens is 483 g/mol. The summed E-state index contributed by atoms with van der Waals surface area (Å²) in [7, 11) is 0. The van der Waals surface area contributed by atoms with Crippen LogP contribution in [0.3, 0.4) is 0 Å². The van der Waals surface area contributed by atoms with E-state index in [1.54, 1.807) is 12.1 Å². The summed E-state index contributed by atoms with van der Waals surface area (Å²) < 4.78 is 43.0. The van der Waals surface area contributed by atoms with Crippen molar-refractivity contribution in [1.82, 2.24) is 19.9 Å². The van der Waals surface area contributed by atoms with Gasteiger partial charge in [-0.2, -0.15) is 13.2 Å². The number of nitro groups is 1. The minimum Gasteiger partial charge on any atom is -0.355 e. The lowest BCUT2D eigenvalue weighted by molar-refractivity contribution is -0.383. The first-order valence-electron chi connectivity index (χ1n) is 11.9. The third kappa shape index (κ3) is 4.12. The fraction of sp³-hybridized carbons (Fsp3) is 0.259. The van der Waals surface area contributed by atoms with Crippen LogP contribution < -0.4 is 0 Å². The molecule has 190 valence electrons.